The molecule has 1 N–H and O–H groups in total. The summed E-state index contributed by atoms with van der Waals surface area (Å²) >= 11 is 0. The van der Waals surface area contributed by atoms with Crippen LogP contribution in [0.2, 0.25) is 0 Å². The van der Waals surface area contributed by atoms with Crippen molar-refractivity contribution in [1.29, 1.82) is 0 Å². The Morgan fingerprint density at radius 3 is 1.77 bits per heavy atom. The number of rotatable bonds is 39. The summed E-state index contributed by atoms with van der Waals surface area (Å²) in [5.74, 6) is -0.879. The molecule has 0 amide bonds. The van der Waals surface area contributed by atoms with Crippen molar-refractivity contribution in [3.63, 3.8) is 0 Å². The number of phosphoric ester groups is 1. The molecule has 11 heteroatoms. The number of likely N-dealkylation sites (N-methyl/N-ethyl adjacent to an activating group) is 1. The number of carbonyl (C=O) groups excluding carboxylic acids is 2. The van der Waals surface area contributed by atoms with Crippen molar-refractivity contribution in [2.45, 2.75) is 186 Å². The average Bonchev–Trinajstić information content (AvgIpc) is 3.92. The number of esters is 2. The van der Waals surface area contributed by atoms with Crippen LogP contribution in [0.15, 0.2) is 48.6 Å². The minimum atomic E-state index is -4.40. The predicted molar refractivity (Wildman–Crippen MR) is 233 cm³/mol. The number of ether oxygens (including phenoxy) is 3. The van der Waals surface area contributed by atoms with Crippen LogP contribution in [0.3, 0.4) is 0 Å². The summed E-state index contributed by atoms with van der Waals surface area (Å²) in [4.78, 5) is 35.4. The minimum absolute atomic E-state index is 0.0164. The Balaban J connectivity index is 2.33. The molecular weight excluding hydrogens is 741 g/mol. The number of carbonyl (C=O) groups is 2. The van der Waals surface area contributed by atoms with E-state index in [9.17, 15) is 19.0 Å². The summed E-state index contributed by atoms with van der Waals surface area (Å²) in [7, 11) is 1.42. The van der Waals surface area contributed by atoms with E-state index in [4.69, 9.17) is 23.3 Å². The van der Waals surface area contributed by atoms with Crippen LogP contribution in [0, 0.1) is 0 Å². The normalized spacial score (nSPS) is 17.6. The number of nitrogens with zero attached hydrogens (tertiary/aromatic N) is 1. The molecule has 0 spiro atoms. The van der Waals surface area contributed by atoms with Gasteiger partial charge >= 0.3 is 19.8 Å². The second-order valence-electron chi connectivity index (χ2n) is 16.5. The van der Waals surface area contributed by atoms with Crippen LogP contribution in [0.5, 0.6) is 0 Å². The summed E-state index contributed by atoms with van der Waals surface area (Å²) in [6.45, 7) is 4.29. The van der Waals surface area contributed by atoms with Crippen molar-refractivity contribution in [2.75, 3.05) is 47.5 Å². The lowest BCUT2D eigenvalue weighted by atomic mass is 10.1. The molecule has 10 nitrogen and oxygen atoms in total. The first-order valence-electron chi connectivity index (χ1n) is 22.5. The van der Waals surface area contributed by atoms with Crippen molar-refractivity contribution in [3.8, 4) is 0 Å². The Morgan fingerprint density at radius 1 is 0.632 bits per heavy atom. The Kier molecular flexibility index (Phi) is 32.3. The first-order valence-corrected chi connectivity index (χ1v) is 24.0. The van der Waals surface area contributed by atoms with Gasteiger partial charge in [0.05, 0.1) is 40.0 Å². The smallest absolute Gasteiger partial charge is 0.462 e. The molecule has 1 heterocycles. The Hall–Kier alpha value is -2.07. The minimum Gasteiger partial charge on any atom is -0.462 e. The maximum Gasteiger partial charge on any atom is 0.472 e. The van der Waals surface area contributed by atoms with Crippen LogP contribution in [0.4, 0.5) is 0 Å². The third-order valence-corrected chi connectivity index (χ3v) is 10.7. The number of epoxide rings is 1. The maximum absolute atomic E-state index is 12.7. The fraction of sp³-hybridized carbons (Fsp3) is 0.783. The first kappa shape index (κ1) is 52.9. The molecule has 1 saturated heterocycles. The largest absolute Gasteiger partial charge is 0.472 e. The lowest BCUT2D eigenvalue weighted by Gasteiger charge is -2.24. The Bertz CT molecular complexity index is 1180. The van der Waals surface area contributed by atoms with Gasteiger partial charge in [-0.15, -0.1) is 0 Å². The van der Waals surface area contributed by atoms with Crippen LogP contribution in [0.1, 0.15) is 168 Å². The molecule has 0 aromatic rings. The molecule has 0 aromatic heterocycles. The second kappa shape index (κ2) is 34.8. The van der Waals surface area contributed by atoms with E-state index in [-0.39, 0.29) is 38.3 Å². The number of quaternary nitrogens is 1. The van der Waals surface area contributed by atoms with E-state index in [0.717, 1.165) is 57.8 Å². The molecule has 0 radical (unpaired) electrons. The van der Waals surface area contributed by atoms with Crippen LogP contribution in [-0.4, -0.2) is 87.1 Å². The van der Waals surface area contributed by atoms with E-state index >= 15 is 0 Å². The molecule has 4 atom stereocenters. The van der Waals surface area contributed by atoms with E-state index in [2.05, 4.69) is 62.5 Å². The molecule has 0 aliphatic carbocycles. The zero-order chi connectivity index (χ0) is 41.9. The van der Waals surface area contributed by atoms with Gasteiger partial charge in [-0.3, -0.25) is 18.6 Å². The maximum atomic E-state index is 12.7. The van der Waals surface area contributed by atoms with E-state index in [1.807, 2.05) is 21.1 Å². The average molecular weight is 825 g/mol. The highest BCUT2D eigenvalue weighted by Gasteiger charge is 2.36. The summed E-state index contributed by atoms with van der Waals surface area (Å²) in [6.07, 6.45) is 41.8. The molecule has 0 bridgehead atoms. The molecule has 330 valence electrons. The summed E-state index contributed by atoms with van der Waals surface area (Å²) in [6, 6.07) is 0. The highest BCUT2D eigenvalue weighted by Crippen LogP contribution is 2.43. The molecule has 57 heavy (non-hydrogen) atoms. The highest BCUT2D eigenvalue weighted by molar-refractivity contribution is 7.47. The summed E-state index contributed by atoms with van der Waals surface area (Å²) in [5.41, 5.74) is 0. The van der Waals surface area contributed by atoms with Gasteiger partial charge in [0.15, 0.2) is 6.10 Å². The van der Waals surface area contributed by atoms with Crippen LogP contribution in [0.25, 0.3) is 0 Å². The third-order valence-electron chi connectivity index (χ3n) is 9.73. The van der Waals surface area contributed by atoms with Gasteiger partial charge in [-0.25, -0.2) is 4.57 Å². The first-order chi connectivity index (χ1) is 27.5. The van der Waals surface area contributed by atoms with Gasteiger partial charge in [0.1, 0.15) is 19.8 Å². The molecule has 0 saturated carbocycles. The third kappa shape index (κ3) is 35.6. The zero-order valence-corrected chi connectivity index (χ0v) is 37.7. The van der Waals surface area contributed by atoms with Gasteiger partial charge < -0.3 is 23.6 Å². The SMILES string of the molecule is CCCCC/C=C\C/C=C\CC1OC1C/C=C\CCCC(=O)O[C@H](COC(=O)CCCCCCCCC/C=C\CCCCCC)COP(=O)(O)OCC[N+](C)(C)C. The summed E-state index contributed by atoms with van der Waals surface area (Å²) < 4.78 is 40.1. The van der Waals surface area contributed by atoms with Crippen LogP contribution < -0.4 is 0 Å². The molecular formula is C46H83NO9P+. The molecule has 1 rings (SSSR count). The van der Waals surface area contributed by atoms with Crippen molar-refractivity contribution >= 4 is 19.8 Å². The molecule has 3 unspecified atom stereocenters. The number of hydrogen-bond acceptors (Lipinski definition) is 8. The summed E-state index contributed by atoms with van der Waals surface area (Å²) in [5, 5.41) is 0. The van der Waals surface area contributed by atoms with Crippen LogP contribution >= 0.6 is 7.82 Å². The van der Waals surface area contributed by atoms with Gasteiger partial charge in [-0.2, -0.15) is 0 Å². The Labute approximate surface area is 348 Å². The second-order valence-corrected chi connectivity index (χ2v) is 17.9. The van der Waals surface area contributed by atoms with Crippen molar-refractivity contribution in [2.24, 2.45) is 0 Å². The van der Waals surface area contributed by atoms with Gasteiger partial charge in [0.25, 0.3) is 0 Å². The zero-order valence-electron chi connectivity index (χ0n) is 36.8. The monoisotopic (exact) mass is 825 g/mol. The lowest BCUT2D eigenvalue weighted by Crippen LogP contribution is -2.37. The number of phosphoric acid groups is 1. The van der Waals surface area contributed by atoms with E-state index in [0.29, 0.717) is 23.9 Å². The number of unbranched alkanes of at least 4 members (excludes halogenated alkanes) is 15. The fourth-order valence-electron chi connectivity index (χ4n) is 6.04. The highest BCUT2D eigenvalue weighted by atomic mass is 31.2. The number of hydrogen-bond donors (Lipinski definition) is 1. The van der Waals surface area contributed by atoms with Crippen LogP contribution in [-0.2, 0) is 37.4 Å². The van der Waals surface area contributed by atoms with Gasteiger partial charge in [0, 0.05) is 12.8 Å². The topological polar surface area (TPSA) is 121 Å². The molecule has 1 aliphatic rings. The van der Waals surface area contributed by atoms with Crippen molar-refractivity contribution < 1.29 is 46.8 Å². The van der Waals surface area contributed by atoms with Crippen molar-refractivity contribution in [3.05, 3.63) is 48.6 Å². The van der Waals surface area contributed by atoms with E-state index < -0.39 is 32.5 Å². The molecule has 1 aliphatic heterocycles. The van der Waals surface area contributed by atoms with Gasteiger partial charge in [-0.05, 0) is 77.0 Å². The fourth-order valence-corrected chi connectivity index (χ4v) is 6.78. The van der Waals surface area contributed by atoms with E-state index in [1.54, 1.807) is 0 Å². The van der Waals surface area contributed by atoms with E-state index in [1.165, 1.54) is 70.6 Å². The van der Waals surface area contributed by atoms with Crippen molar-refractivity contribution in [1.82, 2.24) is 0 Å². The Morgan fingerprint density at radius 2 is 1.12 bits per heavy atom. The molecule has 1 fully saturated rings. The van der Waals surface area contributed by atoms with Gasteiger partial charge in [-0.1, -0.05) is 127 Å². The lowest BCUT2D eigenvalue weighted by molar-refractivity contribution is -0.870. The van der Waals surface area contributed by atoms with Gasteiger partial charge in [0.2, 0.25) is 0 Å². The predicted octanol–water partition coefficient (Wildman–Crippen LogP) is 11.7. The quantitative estimate of drug-likeness (QED) is 0.0161. The standard InChI is InChI=1S/C46H82NO9P/c1-6-8-10-12-14-16-17-18-19-20-21-23-25-27-32-36-45(48)52-40-42(41-54-57(50,51)53-39-38-47(3,4)5)55-46(49)37-33-29-28-31-35-44-43(56-44)34-30-26-24-22-15-13-11-9-7-2/h15-17,22,26,28,30-31,42-44H,6-14,18-21,23-25,27,29,32-41H2,1-5H3/p+1/b17-16-,22-15-,30-26-,31-28-/t42-,43?,44?/m1/s1. The molecule has 0 aromatic carbocycles. The number of allylic oxidation sites excluding steroid dienone is 6.